The van der Waals surface area contributed by atoms with E-state index in [1.54, 1.807) is 0 Å². The zero-order chi connectivity index (χ0) is 26.8. The van der Waals surface area contributed by atoms with Gasteiger partial charge in [-0.1, -0.05) is 72.8 Å². The van der Waals surface area contributed by atoms with Gasteiger partial charge in [-0.2, -0.15) is 4.57 Å². The van der Waals surface area contributed by atoms with Crippen LogP contribution in [0, 0.1) is 0 Å². The van der Waals surface area contributed by atoms with Gasteiger partial charge in [0.15, 0.2) is 0 Å². The molecular formula is C36H34N3+. The Morgan fingerprint density at radius 1 is 0.718 bits per heavy atom. The molecule has 0 fully saturated rings. The second-order valence-corrected chi connectivity index (χ2v) is 10.4. The average molecular weight is 509 g/mol. The van der Waals surface area contributed by atoms with Gasteiger partial charge in [-0.05, 0) is 85.5 Å². The molecule has 0 saturated heterocycles. The van der Waals surface area contributed by atoms with Gasteiger partial charge in [-0.25, -0.2) is 4.57 Å². The maximum Gasteiger partial charge on any atom is 0.293 e. The number of benzene rings is 4. The van der Waals surface area contributed by atoms with Crippen LogP contribution in [0.4, 0.5) is 17.1 Å². The summed E-state index contributed by atoms with van der Waals surface area (Å²) >= 11 is 0. The maximum absolute atomic E-state index is 2.45. The molecule has 1 heterocycles. The number of hydrogen-bond donors (Lipinski definition) is 0. The van der Waals surface area contributed by atoms with E-state index in [9.17, 15) is 0 Å². The first kappa shape index (κ1) is 24.7. The lowest BCUT2D eigenvalue weighted by atomic mass is 9.84. The quantitative estimate of drug-likeness (QED) is 0.209. The largest absolute Gasteiger partial charge is 0.310 e. The standard InChI is InChI=1S/C36H34N3/c1-27-24-31(25-28(2)35(27)38-23-22-37(3)36(38)29-14-7-4-8-15-29)30-16-13-21-34(26-30)39(32-17-9-5-10-18-32)33-19-11-6-12-20-33/h4-24,26,31H,25H2,1-3H3/q+1. The molecule has 0 saturated carbocycles. The number of nitrogens with zero attached hydrogens (tertiary/aromatic N) is 3. The number of allylic oxidation sites excluding steroid dienone is 4. The molecule has 5 aromatic rings. The Bertz CT molecular complexity index is 1600. The van der Waals surface area contributed by atoms with Crippen LogP contribution < -0.4 is 9.47 Å². The Kier molecular flexibility index (Phi) is 6.73. The molecule has 4 aromatic carbocycles. The van der Waals surface area contributed by atoms with Crippen LogP contribution in [0.25, 0.3) is 17.1 Å². The van der Waals surface area contributed by atoms with Crippen LogP contribution in [0.15, 0.2) is 145 Å². The van der Waals surface area contributed by atoms with E-state index in [2.05, 4.69) is 169 Å². The molecule has 0 bridgehead atoms. The molecule has 0 amide bonds. The highest BCUT2D eigenvalue weighted by molar-refractivity contribution is 5.77. The third-order valence-electron chi connectivity index (χ3n) is 7.61. The highest BCUT2D eigenvalue weighted by Crippen LogP contribution is 2.41. The fourth-order valence-electron chi connectivity index (χ4n) is 5.90. The fourth-order valence-corrected chi connectivity index (χ4v) is 5.90. The Morgan fingerprint density at radius 2 is 1.31 bits per heavy atom. The number of hydrogen-bond acceptors (Lipinski definition) is 1. The molecule has 1 unspecified atom stereocenters. The lowest BCUT2D eigenvalue weighted by Crippen LogP contribution is -2.29. The van der Waals surface area contributed by atoms with Crippen molar-refractivity contribution in [2.24, 2.45) is 7.05 Å². The summed E-state index contributed by atoms with van der Waals surface area (Å²) in [4.78, 5) is 2.34. The molecule has 6 rings (SSSR count). The van der Waals surface area contributed by atoms with E-state index in [-0.39, 0.29) is 0 Å². The van der Waals surface area contributed by atoms with Crippen LogP contribution in [0.1, 0.15) is 31.7 Å². The smallest absolute Gasteiger partial charge is 0.293 e. The Hall–Kier alpha value is -4.63. The lowest BCUT2D eigenvalue weighted by molar-refractivity contribution is -0.659. The van der Waals surface area contributed by atoms with Gasteiger partial charge >= 0.3 is 0 Å². The first-order chi connectivity index (χ1) is 19.1. The van der Waals surface area contributed by atoms with E-state index < -0.39 is 0 Å². The van der Waals surface area contributed by atoms with Crippen molar-refractivity contribution in [2.45, 2.75) is 26.2 Å². The Labute approximate surface area is 231 Å². The van der Waals surface area contributed by atoms with Crippen molar-refractivity contribution in [1.29, 1.82) is 0 Å². The summed E-state index contributed by atoms with van der Waals surface area (Å²) in [5, 5.41) is 0. The van der Waals surface area contributed by atoms with Gasteiger partial charge in [0.1, 0.15) is 18.1 Å². The molecule has 1 aliphatic carbocycles. The van der Waals surface area contributed by atoms with Crippen molar-refractivity contribution in [2.75, 3.05) is 4.90 Å². The normalized spacial score (nSPS) is 15.3. The molecule has 0 spiro atoms. The number of rotatable bonds is 6. The number of anilines is 3. The van der Waals surface area contributed by atoms with Crippen LogP contribution in [0.2, 0.25) is 0 Å². The highest BCUT2D eigenvalue weighted by Gasteiger charge is 2.28. The van der Waals surface area contributed by atoms with Gasteiger partial charge < -0.3 is 4.90 Å². The molecule has 39 heavy (non-hydrogen) atoms. The first-order valence-electron chi connectivity index (χ1n) is 13.6. The molecule has 0 radical (unpaired) electrons. The minimum Gasteiger partial charge on any atom is -0.310 e. The van der Waals surface area contributed by atoms with Gasteiger partial charge in [0.2, 0.25) is 0 Å². The van der Waals surface area contributed by atoms with Gasteiger partial charge in [0.25, 0.3) is 5.82 Å². The van der Waals surface area contributed by atoms with E-state index in [0.29, 0.717) is 5.92 Å². The zero-order valence-corrected chi connectivity index (χ0v) is 22.8. The molecule has 1 aromatic heterocycles. The van der Waals surface area contributed by atoms with Crippen molar-refractivity contribution in [3.05, 3.63) is 150 Å². The fraction of sp³-hybridized carbons (Fsp3) is 0.139. The second-order valence-electron chi connectivity index (χ2n) is 10.4. The molecule has 1 atom stereocenters. The summed E-state index contributed by atoms with van der Waals surface area (Å²) in [6.07, 6.45) is 7.78. The van der Waals surface area contributed by atoms with E-state index in [0.717, 1.165) is 17.8 Å². The summed E-state index contributed by atoms with van der Waals surface area (Å²) in [5.41, 5.74) is 10.1. The van der Waals surface area contributed by atoms with Gasteiger partial charge in [-0.3, -0.25) is 0 Å². The highest BCUT2D eigenvalue weighted by atomic mass is 15.1. The van der Waals surface area contributed by atoms with Gasteiger partial charge in [0, 0.05) is 23.0 Å². The third kappa shape index (κ3) is 4.84. The molecule has 0 N–H and O–H groups in total. The van der Waals surface area contributed by atoms with Crippen LogP contribution in [0.3, 0.4) is 0 Å². The van der Waals surface area contributed by atoms with Gasteiger partial charge in [-0.15, -0.1) is 0 Å². The van der Waals surface area contributed by atoms with Crippen molar-refractivity contribution >= 4 is 22.8 Å². The monoisotopic (exact) mass is 508 g/mol. The summed E-state index contributed by atoms with van der Waals surface area (Å²) < 4.78 is 4.57. The number of aromatic nitrogens is 2. The van der Waals surface area contributed by atoms with Crippen LogP contribution >= 0.6 is 0 Å². The summed E-state index contributed by atoms with van der Waals surface area (Å²) in [6, 6.07) is 40.9. The summed E-state index contributed by atoms with van der Waals surface area (Å²) in [6.45, 7) is 4.54. The predicted molar refractivity (Wildman–Crippen MR) is 162 cm³/mol. The Balaban J connectivity index is 1.36. The summed E-state index contributed by atoms with van der Waals surface area (Å²) in [5.74, 6) is 1.52. The number of para-hydroxylation sites is 2. The molecular weight excluding hydrogens is 474 g/mol. The van der Waals surface area contributed by atoms with Crippen molar-refractivity contribution in [3.8, 4) is 11.4 Å². The van der Waals surface area contributed by atoms with Crippen LogP contribution in [-0.2, 0) is 7.05 Å². The zero-order valence-electron chi connectivity index (χ0n) is 22.8. The van der Waals surface area contributed by atoms with Crippen molar-refractivity contribution < 1.29 is 4.57 Å². The van der Waals surface area contributed by atoms with E-state index in [1.807, 2.05) is 0 Å². The Morgan fingerprint density at radius 3 is 1.92 bits per heavy atom. The van der Waals surface area contributed by atoms with Crippen LogP contribution in [-0.4, -0.2) is 4.57 Å². The topological polar surface area (TPSA) is 12.1 Å². The number of imidazole rings is 1. The van der Waals surface area contributed by atoms with Gasteiger partial charge in [0.05, 0.1) is 12.6 Å². The van der Waals surface area contributed by atoms with Crippen molar-refractivity contribution in [1.82, 2.24) is 4.57 Å². The molecule has 192 valence electrons. The molecule has 1 aliphatic rings. The van der Waals surface area contributed by atoms with E-state index >= 15 is 0 Å². The number of aryl methyl sites for hydroxylation is 1. The minimum absolute atomic E-state index is 0.326. The third-order valence-corrected chi connectivity index (χ3v) is 7.61. The van der Waals surface area contributed by atoms with E-state index in [4.69, 9.17) is 0 Å². The molecule has 3 heteroatoms. The van der Waals surface area contributed by atoms with Crippen LogP contribution in [0.5, 0.6) is 0 Å². The SMILES string of the molecule is CC1=CC(c2cccc(N(c3ccccc3)c3ccccc3)c2)CC(C)=C1n1cc[n+](C)c1-c1ccccc1. The second kappa shape index (κ2) is 10.6. The average Bonchev–Trinajstić information content (AvgIpc) is 3.35. The van der Waals surface area contributed by atoms with Crippen molar-refractivity contribution in [3.63, 3.8) is 0 Å². The predicted octanol–water partition coefficient (Wildman–Crippen LogP) is 8.81. The molecule has 0 aliphatic heterocycles. The van der Waals surface area contributed by atoms with E-state index in [1.165, 1.54) is 39.5 Å². The summed E-state index contributed by atoms with van der Waals surface area (Å²) in [7, 11) is 2.12. The first-order valence-corrected chi connectivity index (χ1v) is 13.6. The molecule has 3 nitrogen and oxygen atoms in total. The minimum atomic E-state index is 0.326. The lowest BCUT2D eigenvalue weighted by Gasteiger charge is -2.27. The maximum atomic E-state index is 2.45.